The predicted octanol–water partition coefficient (Wildman–Crippen LogP) is 5.17. The Bertz CT molecular complexity index is 1190. The number of carbonyl (C=O) groups excluding carboxylic acids is 1. The van der Waals surface area contributed by atoms with Crippen molar-refractivity contribution in [2.75, 3.05) is 7.11 Å². The standard InChI is InChI=1S/C24H20N2O2S/c1-26-21(17-9-5-3-6-10-17)22(18-11-7-4-8-12-18)29-24(26)25-23(27)19-13-15-20(28-2)16-14-19/h3-16H,1-2H3. The molecule has 0 unspecified atom stereocenters. The van der Waals surface area contributed by atoms with Gasteiger partial charge < -0.3 is 9.30 Å². The van der Waals surface area contributed by atoms with E-state index in [4.69, 9.17) is 4.74 Å². The van der Waals surface area contributed by atoms with Gasteiger partial charge in [0, 0.05) is 12.6 Å². The van der Waals surface area contributed by atoms with Crippen molar-refractivity contribution in [1.82, 2.24) is 4.57 Å². The first-order valence-corrected chi connectivity index (χ1v) is 10.0. The van der Waals surface area contributed by atoms with Gasteiger partial charge in [-0.15, -0.1) is 0 Å². The van der Waals surface area contributed by atoms with Gasteiger partial charge in [-0.2, -0.15) is 4.99 Å². The van der Waals surface area contributed by atoms with E-state index in [9.17, 15) is 4.79 Å². The van der Waals surface area contributed by atoms with E-state index < -0.39 is 0 Å². The van der Waals surface area contributed by atoms with E-state index >= 15 is 0 Å². The Kier molecular flexibility index (Phi) is 5.40. The summed E-state index contributed by atoms with van der Waals surface area (Å²) in [5.74, 6) is 0.435. The van der Waals surface area contributed by atoms with Crippen LogP contribution < -0.4 is 9.54 Å². The van der Waals surface area contributed by atoms with Crippen LogP contribution in [0.3, 0.4) is 0 Å². The minimum Gasteiger partial charge on any atom is -0.497 e. The van der Waals surface area contributed by atoms with E-state index in [-0.39, 0.29) is 5.91 Å². The lowest BCUT2D eigenvalue weighted by molar-refractivity contribution is 0.0998. The van der Waals surface area contributed by atoms with Gasteiger partial charge in [0.1, 0.15) is 5.75 Å². The lowest BCUT2D eigenvalue weighted by Crippen LogP contribution is -2.14. The van der Waals surface area contributed by atoms with Crippen LogP contribution in [0.1, 0.15) is 10.4 Å². The molecule has 29 heavy (non-hydrogen) atoms. The lowest BCUT2D eigenvalue weighted by Gasteiger charge is -2.07. The number of benzene rings is 3. The minimum atomic E-state index is -0.274. The van der Waals surface area contributed by atoms with Crippen LogP contribution in [0.4, 0.5) is 0 Å². The molecule has 0 spiro atoms. The van der Waals surface area contributed by atoms with E-state index in [1.54, 1.807) is 31.4 Å². The molecule has 0 fully saturated rings. The molecule has 1 amide bonds. The monoisotopic (exact) mass is 400 g/mol. The van der Waals surface area contributed by atoms with Crippen LogP contribution in [0.5, 0.6) is 5.75 Å². The number of methoxy groups -OCH3 is 1. The molecule has 1 aromatic heterocycles. The minimum absolute atomic E-state index is 0.274. The number of thiazole rings is 1. The van der Waals surface area contributed by atoms with Crippen LogP contribution in [0.2, 0.25) is 0 Å². The molecule has 0 saturated heterocycles. The zero-order valence-electron chi connectivity index (χ0n) is 16.2. The molecule has 5 heteroatoms. The number of hydrogen-bond acceptors (Lipinski definition) is 3. The Hall–Kier alpha value is -3.44. The number of amides is 1. The van der Waals surface area contributed by atoms with Crippen LogP contribution >= 0.6 is 11.3 Å². The molecule has 0 aliphatic rings. The number of nitrogens with zero attached hydrogens (tertiary/aromatic N) is 2. The highest BCUT2D eigenvalue weighted by Gasteiger charge is 2.16. The SMILES string of the molecule is COc1ccc(C(=O)N=c2sc(-c3ccccc3)c(-c3ccccc3)n2C)cc1. The molecule has 144 valence electrons. The molecule has 4 aromatic rings. The van der Waals surface area contributed by atoms with E-state index in [1.165, 1.54) is 11.3 Å². The quantitative estimate of drug-likeness (QED) is 0.474. The highest BCUT2D eigenvalue weighted by molar-refractivity contribution is 7.13. The summed E-state index contributed by atoms with van der Waals surface area (Å²) in [5, 5.41) is 0. The summed E-state index contributed by atoms with van der Waals surface area (Å²) in [6.45, 7) is 0. The molecule has 0 N–H and O–H groups in total. The molecule has 0 aliphatic heterocycles. The first-order chi connectivity index (χ1) is 14.2. The van der Waals surface area contributed by atoms with Gasteiger partial charge >= 0.3 is 0 Å². The van der Waals surface area contributed by atoms with Gasteiger partial charge in [0.15, 0.2) is 4.80 Å². The van der Waals surface area contributed by atoms with Crippen LogP contribution in [0.15, 0.2) is 89.9 Å². The fraction of sp³-hybridized carbons (Fsp3) is 0.0833. The Morgan fingerprint density at radius 3 is 2.03 bits per heavy atom. The number of aromatic nitrogens is 1. The molecule has 1 heterocycles. The molecule has 4 nitrogen and oxygen atoms in total. The summed E-state index contributed by atoms with van der Waals surface area (Å²) in [6, 6.07) is 27.4. The Labute approximate surface area is 173 Å². The van der Waals surface area contributed by atoms with Crippen molar-refractivity contribution in [3.63, 3.8) is 0 Å². The van der Waals surface area contributed by atoms with Crippen molar-refractivity contribution in [1.29, 1.82) is 0 Å². The van der Waals surface area contributed by atoms with Gasteiger partial charge in [0.2, 0.25) is 0 Å². The van der Waals surface area contributed by atoms with Gasteiger partial charge in [-0.25, -0.2) is 0 Å². The summed E-state index contributed by atoms with van der Waals surface area (Å²) in [6.07, 6.45) is 0. The van der Waals surface area contributed by atoms with Crippen LogP contribution in [0, 0.1) is 0 Å². The van der Waals surface area contributed by atoms with Crippen LogP contribution in [-0.4, -0.2) is 17.6 Å². The second-order valence-electron chi connectivity index (χ2n) is 6.50. The maximum Gasteiger partial charge on any atom is 0.279 e. The third-order valence-electron chi connectivity index (χ3n) is 4.65. The third kappa shape index (κ3) is 3.91. The van der Waals surface area contributed by atoms with Gasteiger partial charge in [0.05, 0.1) is 17.7 Å². The lowest BCUT2D eigenvalue weighted by atomic mass is 10.1. The highest BCUT2D eigenvalue weighted by atomic mass is 32.1. The summed E-state index contributed by atoms with van der Waals surface area (Å²) < 4.78 is 7.15. The van der Waals surface area contributed by atoms with Crippen molar-refractivity contribution in [2.45, 2.75) is 0 Å². The van der Waals surface area contributed by atoms with E-state index in [2.05, 4.69) is 29.3 Å². The number of carbonyl (C=O) groups is 1. The van der Waals surface area contributed by atoms with Gasteiger partial charge in [-0.05, 0) is 35.4 Å². The summed E-state index contributed by atoms with van der Waals surface area (Å²) in [4.78, 5) is 18.9. The van der Waals surface area contributed by atoms with E-state index in [0.717, 1.165) is 21.7 Å². The zero-order chi connectivity index (χ0) is 20.2. The van der Waals surface area contributed by atoms with Crippen molar-refractivity contribution in [2.24, 2.45) is 12.0 Å². The van der Waals surface area contributed by atoms with Crippen LogP contribution in [-0.2, 0) is 7.05 Å². The summed E-state index contributed by atoms with van der Waals surface area (Å²) in [7, 11) is 3.55. The van der Waals surface area contributed by atoms with Crippen molar-refractivity contribution in [3.05, 3.63) is 95.3 Å². The molecule has 0 bridgehead atoms. The number of hydrogen-bond donors (Lipinski definition) is 0. The number of ether oxygens (including phenoxy) is 1. The maximum atomic E-state index is 12.7. The third-order valence-corrected chi connectivity index (χ3v) is 5.83. The topological polar surface area (TPSA) is 43.6 Å². The van der Waals surface area contributed by atoms with Crippen LogP contribution in [0.25, 0.3) is 21.7 Å². The molecule has 0 saturated carbocycles. The average molecular weight is 401 g/mol. The van der Waals surface area contributed by atoms with E-state index in [1.807, 2.05) is 48.0 Å². The smallest absolute Gasteiger partial charge is 0.279 e. The molecule has 0 atom stereocenters. The fourth-order valence-corrected chi connectivity index (χ4v) is 4.29. The summed E-state index contributed by atoms with van der Waals surface area (Å²) in [5.41, 5.74) is 3.76. The number of rotatable bonds is 4. The summed E-state index contributed by atoms with van der Waals surface area (Å²) >= 11 is 1.52. The first-order valence-electron chi connectivity index (χ1n) is 9.21. The molecule has 3 aromatic carbocycles. The predicted molar refractivity (Wildman–Crippen MR) is 117 cm³/mol. The second-order valence-corrected chi connectivity index (χ2v) is 7.48. The largest absolute Gasteiger partial charge is 0.497 e. The normalized spacial score (nSPS) is 11.4. The Morgan fingerprint density at radius 2 is 1.45 bits per heavy atom. The Morgan fingerprint density at radius 1 is 0.862 bits per heavy atom. The fourth-order valence-electron chi connectivity index (χ4n) is 3.14. The second kappa shape index (κ2) is 8.29. The van der Waals surface area contributed by atoms with Crippen molar-refractivity contribution < 1.29 is 9.53 Å². The van der Waals surface area contributed by atoms with E-state index in [0.29, 0.717) is 16.1 Å². The maximum absolute atomic E-state index is 12.7. The molecule has 4 rings (SSSR count). The zero-order valence-corrected chi connectivity index (χ0v) is 17.0. The molecular weight excluding hydrogens is 380 g/mol. The van der Waals surface area contributed by atoms with Crippen molar-refractivity contribution in [3.8, 4) is 27.4 Å². The first kappa shape index (κ1) is 18.9. The molecule has 0 aliphatic carbocycles. The van der Waals surface area contributed by atoms with Gasteiger partial charge in [-0.1, -0.05) is 72.0 Å². The van der Waals surface area contributed by atoms with Crippen molar-refractivity contribution >= 4 is 17.2 Å². The average Bonchev–Trinajstić information content (AvgIpc) is 3.11. The Balaban J connectivity index is 1.85. The van der Waals surface area contributed by atoms with Gasteiger partial charge in [-0.3, -0.25) is 4.79 Å². The molecule has 0 radical (unpaired) electrons. The molecular formula is C24H20N2O2S. The van der Waals surface area contributed by atoms with Gasteiger partial charge in [0.25, 0.3) is 5.91 Å². The highest BCUT2D eigenvalue weighted by Crippen LogP contribution is 2.34.